The number of carboxylic acid groups (broad SMARTS) is 1. The zero-order valence-electron chi connectivity index (χ0n) is 12.4. The number of nitrogens with zero attached hydrogens (tertiary/aromatic N) is 2. The second-order valence-corrected chi connectivity index (χ2v) is 5.76. The fraction of sp³-hybridized carbons (Fsp3) is 0.769. The third kappa shape index (κ3) is 3.03. The van der Waals surface area contributed by atoms with E-state index in [1.807, 2.05) is 0 Å². The van der Waals surface area contributed by atoms with Gasteiger partial charge in [-0.2, -0.15) is 22.0 Å². The first-order chi connectivity index (χ1) is 11.0. The largest absolute Gasteiger partial charge is 0.465 e. The van der Waals surface area contributed by atoms with E-state index in [9.17, 15) is 36.3 Å². The van der Waals surface area contributed by atoms with Gasteiger partial charge >= 0.3 is 18.2 Å². The van der Waals surface area contributed by atoms with E-state index >= 15 is 0 Å². The maximum atomic E-state index is 13.3. The SMILES string of the molecule is O=C(O)N1CCCC1C(=O)N1CCCC1C(=O)C(F)(F)C(F)(F)F. The molecule has 6 nitrogen and oxygen atoms in total. The van der Waals surface area contributed by atoms with Crippen LogP contribution in [0.1, 0.15) is 25.7 Å². The smallest absolute Gasteiger partial charge is 0.461 e. The Kier molecular flexibility index (Phi) is 4.73. The van der Waals surface area contributed by atoms with Gasteiger partial charge in [0.05, 0.1) is 6.04 Å². The van der Waals surface area contributed by atoms with E-state index in [1.165, 1.54) is 0 Å². The number of Topliss-reactive ketones (excluding diaryl/α,β-unsaturated/α-hetero) is 1. The van der Waals surface area contributed by atoms with Crippen molar-refractivity contribution in [3.8, 4) is 0 Å². The van der Waals surface area contributed by atoms with E-state index in [2.05, 4.69) is 0 Å². The van der Waals surface area contributed by atoms with Gasteiger partial charge in [0.2, 0.25) is 11.7 Å². The van der Waals surface area contributed by atoms with Gasteiger partial charge in [0, 0.05) is 13.1 Å². The lowest BCUT2D eigenvalue weighted by atomic mass is 10.0. The first-order valence-electron chi connectivity index (χ1n) is 7.27. The highest BCUT2D eigenvalue weighted by molar-refractivity contribution is 5.96. The van der Waals surface area contributed by atoms with Gasteiger partial charge in [-0.25, -0.2) is 4.79 Å². The van der Waals surface area contributed by atoms with E-state index in [-0.39, 0.29) is 32.4 Å². The minimum absolute atomic E-state index is 0.0664. The molecule has 2 aliphatic heterocycles. The lowest BCUT2D eigenvalue weighted by Crippen LogP contribution is -2.56. The summed E-state index contributed by atoms with van der Waals surface area (Å²) in [5.74, 6) is -8.83. The molecule has 2 amide bonds. The van der Waals surface area contributed by atoms with Gasteiger partial charge in [0.15, 0.2) is 0 Å². The number of hydrogen-bond acceptors (Lipinski definition) is 3. The molecule has 0 radical (unpaired) electrons. The summed E-state index contributed by atoms with van der Waals surface area (Å²) in [4.78, 5) is 36.6. The number of amides is 2. The van der Waals surface area contributed by atoms with Crippen LogP contribution in [0.2, 0.25) is 0 Å². The van der Waals surface area contributed by atoms with Gasteiger partial charge in [0.25, 0.3) is 0 Å². The maximum absolute atomic E-state index is 13.3. The molecule has 0 spiro atoms. The molecule has 2 fully saturated rings. The number of halogens is 5. The van der Waals surface area contributed by atoms with Crippen LogP contribution in [0.3, 0.4) is 0 Å². The lowest BCUT2D eigenvalue weighted by molar-refractivity contribution is -0.270. The molecular weight excluding hydrogens is 343 g/mol. The standard InChI is InChI=1S/C13H15F5N2O4/c14-12(15,13(16,17)18)9(21)7-3-1-5-19(7)10(22)8-4-2-6-20(8)11(23)24/h7-8H,1-6H2,(H,23,24). The number of alkyl halides is 5. The zero-order chi connectivity index (χ0) is 18.3. The van der Waals surface area contributed by atoms with E-state index < -0.39 is 42.0 Å². The van der Waals surface area contributed by atoms with Crippen molar-refractivity contribution in [3.63, 3.8) is 0 Å². The Labute approximate surface area is 133 Å². The van der Waals surface area contributed by atoms with Crippen LogP contribution in [-0.4, -0.2) is 70.0 Å². The normalized spacial score (nSPS) is 25.2. The van der Waals surface area contributed by atoms with E-state index in [1.54, 1.807) is 0 Å². The number of likely N-dealkylation sites (tertiary alicyclic amines) is 2. The summed E-state index contributed by atoms with van der Waals surface area (Å²) >= 11 is 0. The van der Waals surface area contributed by atoms with Gasteiger partial charge in [-0.15, -0.1) is 0 Å². The third-order valence-electron chi connectivity index (χ3n) is 4.29. The monoisotopic (exact) mass is 358 g/mol. The number of carbonyl (C=O) groups is 3. The van der Waals surface area contributed by atoms with Gasteiger partial charge < -0.3 is 10.0 Å². The predicted molar refractivity (Wildman–Crippen MR) is 68.5 cm³/mol. The minimum Gasteiger partial charge on any atom is -0.465 e. The van der Waals surface area contributed by atoms with Crippen LogP contribution in [0.4, 0.5) is 26.7 Å². The average molecular weight is 358 g/mol. The third-order valence-corrected chi connectivity index (χ3v) is 4.29. The van der Waals surface area contributed by atoms with E-state index in [0.717, 1.165) is 4.90 Å². The summed E-state index contributed by atoms with van der Waals surface area (Å²) < 4.78 is 63.7. The molecule has 0 aromatic heterocycles. The quantitative estimate of drug-likeness (QED) is 0.782. The number of carbonyl (C=O) groups excluding carboxylic acids is 2. The summed E-state index contributed by atoms with van der Waals surface area (Å²) in [5, 5.41) is 9.01. The predicted octanol–water partition coefficient (Wildman–Crippen LogP) is 1.89. The van der Waals surface area contributed by atoms with Gasteiger partial charge in [-0.1, -0.05) is 0 Å². The summed E-state index contributed by atoms with van der Waals surface area (Å²) in [6.45, 7) is -0.0932. The van der Waals surface area contributed by atoms with Crippen LogP contribution >= 0.6 is 0 Å². The van der Waals surface area contributed by atoms with Gasteiger partial charge in [-0.05, 0) is 25.7 Å². The Morgan fingerprint density at radius 1 is 0.875 bits per heavy atom. The lowest BCUT2D eigenvalue weighted by Gasteiger charge is -2.31. The van der Waals surface area contributed by atoms with Crippen LogP contribution in [0.25, 0.3) is 0 Å². The number of ketones is 1. The Bertz CT molecular complexity index is 551. The van der Waals surface area contributed by atoms with Crippen LogP contribution in [0.15, 0.2) is 0 Å². The topological polar surface area (TPSA) is 77.9 Å². The van der Waals surface area contributed by atoms with Gasteiger partial charge in [0.1, 0.15) is 6.04 Å². The summed E-state index contributed by atoms with van der Waals surface area (Å²) in [7, 11) is 0. The highest BCUT2D eigenvalue weighted by Crippen LogP contribution is 2.39. The highest BCUT2D eigenvalue weighted by Gasteiger charge is 2.65. The Balaban J connectivity index is 2.20. The Hall–Kier alpha value is -1.94. The van der Waals surface area contributed by atoms with E-state index in [4.69, 9.17) is 5.11 Å². The summed E-state index contributed by atoms with van der Waals surface area (Å²) in [6.07, 6.45) is -7.13. The number of hydrogen-bond donors (Lipinski definition) is 1. The fourth-order valence-corrected chi connectivity index (χ4v) is 3.10. The van der Waals surface area contributed by atoms with E-state index in [0.29, 0.717) is 11.3 Å². The van der Waals surface area contributed by atoms with Crippen LogP contribution in [0.5, 0.6) is 0 Å². The van der Waals surface area contributed by atoms with Gasteiger partial charge in [-0.3, -0.25) is 14.5 Å². The first-order valence-corrected chi connectivity index (χ1v) is 7.27. The van der Waals surface area contributed by atoms with Crippen LogP contribution in [0, 0.1) is 0 Å². The first kappa shape index (κ1) is 18.4. The second kappa shape index (κ2) is 6.17. The second-order valence-electron chi connectivity index (χ2n) is 5.76. The van der Waals surface area contributed by atoms with Crippen molar-refractivity contribution in [1.82, 2.24) is 9.80 Å². The molecular formula is C13H15F5N2O4. The Morgan fingerprint density at radius 3 is 1.88 bits per heavy atom. The summed E-state index contributed by atoms with van der Waals surface area (Å²) in [6, 6.07) is -3.05. The molecule has 1 N–H and O–H groups in total. The number of rotatable bonds is 3. The van der Waals surface area contributed by atoms with Crippen molar-refractivity contribution in [2.45, 2.75) is 49.9 Å². The zero-order valence-corrected chi connectivity index (χ0v) is 12.4. The van der Waals surface area contributed by atoms with Crippen LogP contribution < -0.4 is 0 Å². The van der Waals surface area contributed by atoms with Crippen LogP contribution in [-0.2, 0) is 9.59 Å². The molecule has 0 aromatic carbocycles. The maximum Gasteiger partial charge on any atom is 0.461 e. The molecule has 2 aliphatic rings. The molecule has 136 valence electrons. The fourth-order valence-electron chi connectivity index (χ4n) is 3.10. The van der Waals surface area contributed by atoms with Crippen molar-refractivity contribution in [2.24, 2.45) is 0 Å². The molecule has 0 bridgehead atoms. The molecule has 0 aromatic rings. The molecule has 24 heavy (non-hydrogen) atoms. The average Bonchev–Trinajstić information content (AvgIpc) is 3.13. The Morgan fingerprint density at radius 2 is 1.38 bits per heavy atom. The summed E-state index contributed by atoms with van der Waals surface area (Å²) in [5.41, 5.74) is 0. The molecule has 2 atom stereocenters. The molecule has 0 saturated carbocycles. The molecule has 0 aliphatic carbocycles. The van der Waals surface area contributed by atoms with Crippen molar-refractivity contribution < 1.29 is 41.4 Å². The van der Waals surface area contributed by atoms with Crippen molar-refractivity contribution in [3.05, 3.63) is 0 Å². The molecule has 11 heteroatoms. The highest BCUT2D eigenvalue weighted by atomic mass is 19.4. The van der Waals surface area contributed by atoms with Crippen molar-refractivity contribution >= 4 is 17.8 Å². The van der Waals surface area contributed by atoms with Crippen molar-refractivity contribution in [1.29, 1.82) is 0 Å². The molecule has 2 heterocycles. The molecule has 2 saturated heterocycles. The van der Waals surface area contributed by atoms with Crippen molar-refractivity contribution in [2.75, 3.05) is 13.1 Å². The molecule has 2 unspecified atom stereocenters. The minimum atomic E-state index is -6.04. The molecule has 2 rings (SSSR count).